The second-order valence-electron chi connectivity index (χ2n) is 7.27. The molecule has 0 atom stereocenters. The number of imidazole rings is 1. The van der Waals surface area contributed by atoms with Gasteiger partial charge in [0, 0.05) is 24.6 Å². The molecule has 0 aliphatic rings. The van der Waals surface area contributed by atoms with Gasteiger partial charge in [0.1, 0.15) is 0 Å². The second kappa shape index (κ2) is 7.83. The Labute approximate surface area is 174 Å². The number of fused-ring (bicyclic) bond motifs is 1. The summed E-state index contributed by atoms with van der Waals surface area (Å²) in [6.07, 6.45) is 1.74. The first-order valence-electron chi connectivity index (χ1n) is 9.64. The molecular weight excluding hydrogens is 376 g/mol. The summed E-state index contributed by atoms with van der Waals surface area (Å²) < 4.78 is 1.65. The molecule has 2 heterocycles. The summed E-state index contributed by atoms with van der Waals surface area (Å²) in [5.74, 6) is -0.472. The first-order valence-corrected chi connectivity index (χ1v) is 9.64. The van der Waals surface area contributed by atoms with Crippen molar-refractivity contribution in [3.8, 4) is 0 Å². The smallest absolute Gasteiger partial charge is 0.294 e. The van der Waals surface area contributed by atoms with Crippen molar-refractivity contribution in [3.05, 3.63) is 95.6 Å². The minimum atomic E-state index is -0.356. The number of rotatable bonds is 4. The van der Waals surface area contributed by atoms with Gasteiger partial charge in [-0.15, -0.1) is 0 Å². The lowest BCUT2D eigenvalue weighted by Gasteiger charge is -2.16. The lowest BCUT2D eigenvalue weighted by atomic mass is 10.1. The van der Waals surface area contributed by atoms with Gasteiger partial charge < -0.3 is 10.2 Å². The number of pyridine rings is 1. The third-order valence-electron chi connectivity index (χ3n) is 4.88. The van der Waals surface area contributed by atoms with E-state index in [1.807, 2.05) is 68.4 Å². The SMILES string of the molecule is Cc1cc(C)cc(NC(=O)c2nc(C(=O)N(C)c3ccccc3)n3ccccc23)c1. The highest BCUT2D eigenvalue weighted by Gasteiger charge is 2.24. The van der Waals surface area contributed by atoms with Crippen molar-refractivity contribution in [2.24, 2.45) is 0 Å². The molecule has 0 fully saturated rings. The molecule has 0 aliphatic carbocycles. The van der Waals surface area contributed by atoms with Crippen molar-refractivity contribution in [1.82, 2.24) is 9.38 Å². The Morgan fingerprint density at radius 3 is 2.30 bits per heavy atom. The highest BCUT2D eigenvalue weighted by molar-refractivity contribution is 6.10. The summed E-state index contributed by atoms with van der Waals surface area (Å²) in [5, 5.41) is 2.91. The fourth-order valence-corrected chi connectivity index (χ4v) is 3.51. The Balaban J connectivity index is 1.72. The molecule has 0 bridgehead atoms. The Morgan fingerprint density at radius 2 is 1.60 bits per heavy atom. The van der Waals surface area contributed by atoms with Crippen LogP contribution in [0.15, 0.2) is 72.9 Å². The van der Waals surface area contributed by atoms with Crippen molar-refractivity contribution in [1.29, 1.82) is 0 Å². The Morgan fingerprint density at radius 1 is 0.933 bits per heavy atom. The summed E-state index contributed by atoms with van der Waals surface area (Å²) in [6.45, 7) is 3.95. The topological polar surface area (TPSA) is 66.7 Å². The molecule has 0 unspecified atom stereocenters. The molecule has 6 heteroatoms. The van der Waals surface area contributed by atoms with Crippen molar-refractivity contribution in [3.63, 3.8) is 0 Å². The largest absolute Gasteiger partial charge is 0.321 e. The van der Waals surface area contributed by atoms with Gasteiger partial charge in [-0.05, 0) is 61.4 Å². The van der Waals surface area contributed by atoms with Crippen LogP contribution in [0.1, 0.15) is 32.2 Å². The van der Waals surface area contributed by atoms with E-state index in [2.05, 4.69) is 10.3 Å². The van der Waals surface area contributed by atoms with E-state index in [0.29, 0.717) is 11.2 Å². The standard InChI is InChI=1S/C24H22N4O2/c1-16-13-17(2)15-18(14-16)25-23(29)21-20-11-7-8-12-28(20)22(26-21)24(30)27(3)19-9-5-4-6-10-19/h4-15H,1-3H3,(H,25,29). The summed E-state index contributed by atoms with van der Waals surface area (Å²) >= 11 is 0. The summed E-state index contributed by atoms with van der Waals surface area (Å²) in [5.41, 5.74) is 4.34. The molecule has 0 aliphatic heterocycles. The highest BCUT2D eigenvalue weighted by atomic mass is 16.2. The van der Waals surface area contributed by atoms with E-state index < -0.39 is 0 Å². The van der Waals surface area contributed by atoms with Crippen LogP contribution < -0.4 is 10.2 Å². The van der Waals surface area contributed by atoms with Gasteiger partial charge in [0.25, 0.3) is 11.8 Å². The number of carbonyl (C=O) groups excluding carboxylic acids is 2. The maximum atomic E-state index is 13.2. The van der Waals surface area contributed by atoms with Crippen LogP contribution in [0.5, 0.6) is 0 Å². The van der Waals surface area contributed by atoms with Crippen LogP contribution in [0.4, 0.5) is 11.4 Å². The number of aromatic nitrogens is 2. The first-order chi connectivity index (χ1) is 14.4. The van der Waals surface area contributed by atoms with Crippen LogP contribution in [0.25, 0.3) is 5.52 Å². The van der Waals surface area contributed by atoms with Crippen LogP contribution in [-0.4, -0.2) is 28.2 Å². The Kier molecular flexibility index (Phi) is 5.06. The normalized spacial score (nSPS) is 10.8. The average molecular weight is 398 g/mol. The average Bonchev–Trinajstić information content (AvgIpc) is 3.12. The molecule has 0 saturated carbocycles. The molecule has 2 aromatic carbocycles. The molecule has 0 saturated heterocycles. The van der Waals surface area contributed by atoms with Gasteiger partial charge in [-0.25, -0.2) is 4.98 Å². The molecule has 4 rings (SSSR count). The van der Waals surface area contributed by atoms with E-state index >= 15 is 0 Å². The second-order valence-corrected chi connectivity index (χ2v) is 7.27. The van der Waals surface area contributed by atoms with Gasteiger partial charge in [-0.2, -0.15) is 0 Å². The van der Waals surface area contributed by atoms with E-state index in [0.717, 1.165) is 16.8 Å². The molecule has 6 nitrogen and oxygen atoms in total. The Bertz CT molecular complexity index is 1220. The number of carbonyl (C=O) groups is 2. The first kappa shape index (κ1) is 19.4. The molecule has 30 heavy (non-hydrogen) atoms. The van der Waals surface area contributed by atoms with E-state index in [1.54, 1.807) is 29.8 Å². The van der Waals surface area contributed by atoms with Crippen LogP contribution in [0.2, 0.25) is 0 Å². The minimum Gasteiger partial charge on any atom is -0.321 e. The minimum absolute atomic E-state index is 0.183. The number of amides is 2. The van der Waals surface area contributed by atoms with Gasteiger partial charge in [0.2, 0.25) is 5.82 Å². The third kappa shape index (κ3) is 3.67. The van der Waals surface area contributed by atoms with Gasteiger partial charge in [0.05, 0.1) is 5.52 Å². The fraction of sp³-hybridized carbons (Fsp3) is 0.125. The van der Waals surface area contributed by atoms with E-state index in [-0.39, 0.29) is 23.3 Å². The molecule has 0 radical (unpaired) electrons. The zero-order chi connectivity index (χ0) is 21.3. The summed E-state index contributed by atoms with van der Waals surface area (Å²) in [4.78, 5) is 32.1. The van der Waals surface area contributed by atoms with Crippen LogP contribution in [0, 0.1) is 13.8 Å². The molecule has 0 spiro atoms. The third-order valence-corrected chi connectivity index (χ3v) is 4.88. The number of nitrogens with zero attached hydrogens (tertiary/aromatic N) is 3. The fourth-order valence-electron chi connectivity index (χ4n) is 3.51. The molecule has 150 valence electrons. The van der Waals surface area contributed by atoms with Crippen molar-refractivity contribution in [2.75, 3.05) is 17.3 Å². The maximum Gasteiger partial charge on any atom is 0.294 e. The molecular formula is C24H22N4O2. The number of benzene rings is 2. The summed E-state index contributed by atoms with van der Waals surface area (Å²) in [7, 11) is 1.69. The van der Waals surface area contributed by atoms with E-state index in [1.165, 1.54) is 4.90 Å². The number of para-hydroxylation sites is 1. The quantitative estimate of drug-likeness (QED) is 0.551. The maximum absolute atomic E-state index is 13.2. The van der Waals surface area contributed by atoms with Crippen LogP contribution >= 0.6 is 0 Å². The predicted molar refractivity (Wildman–Crippen MR) is 118 cm³/mol. The van der Waals surface area contributed by atoms with Crippen molar-refractivity contribution < 1.29 is 9.59 Å². The lowest BCUT2D eigenvalue weighted by Crippen LogP contribution is -2.28. The van der Waals surface area contributed by atoms with Crippen LogP contribution in [0.3, 0.4) is 0 Å². The van der Waals surface area contributed by atoms with Crippen molar-refractivity contribution in [2.45, 2.75) is 13.8 Å². The molecule has 2 aromatic heterocycles. The van der Waals surface area contributed by atoms with Gasteiger partial charge in [-0.3, -0.25) is 14.0 Å². The zero-order valence-corrected chi connectivity index (χ0v) is 17.1. The monoisotopic (exact) mass is 398 g/mol. The van der Waals surface area contributed by atoms with Gasteiger partial charge >= 0.3 is 0 Å². The molecule has 2 amide bonds. The summed E-state index contributed by atoms with van der Waals surface area (Å²) in [6, 6.07) is 20.6. The van der Waals surface area contributed by atoms with E-state index in [9.17, 15) is 9.59 Å². The number of nitrogens with one attached hydrogen (secondary N) is 1. The number of anilines is 2. The molecule has 4 aromatic rings. The molecule has 1 N–H and O–H groups in total. The van der Waals surface area contributed by atoms with Crippen LogP contribution in [-0.2, 0) is 0 Å². The van der Waals surface area contributed by atoms with Crippen molar-refractivity contribution >= 4 is 28.7 Å². The Hall–Kier alpha value is -3.93. The number of aryl methyl sites for hydroxylation is 2. The predicted octanol–water partition coefficient (Wildman–Crippen LogP) is 4.48. The van der Waals surface area contributed by atoms with Gasteiger partial charge in [0.15, 0.2) is 5.69 Å². The highest BCUT2D eigenvalue weighted by Crippen LogP contribution is 2.20. The zero-order valence-electron chi connectivity index (χ0n) is 17.1. The lowest BCUT2D eigenvalue weighted by molar-refractivity contribution is 0.0982. The van der Waals surface area contributed by atoms with E-state index in [4.69, 9.17) is 0 Å². The number of hydrogen-bond donors (Lipinski definition) is 1. The number of hydrogen-bond acceptors (Lipinski definition) is 3. The van der Waals surface area contributed by atoms with Gasteiger partial charge in [-0.1, -0.05) is 30.3 Å².